The van der Waals surface area contributed by atoms with Crippen molar-refractivity contribution in [2.75, 3.05) is 5.32 Å². The van der Waals surface area contributed by atoms with E-state index in [0.717, 1.165) is 5.69 Å². The zero-order chi connectivity index (χ0) is 17.6. The summed E-state index contributed by atoms with van der Waals surface area (Å²) in [4.78, 5) is 31.5. The fourth-order valence-corrected chi connectivity index (χ4v) is 2.12. The number of hydrogen-bond donors (Lipinski definition) is 2. The fourth-order valence-electron chi connectivity index (χ4n) is 2.12. The Balaban J connectivity index is 1.59. The molecule has 7 nitrogen and oxygen atoms in total. The first-order valence-corrected chi connectivity index (χ1v) is 7.62. The molecule has 25 heavy (non-hydrogen) atoms. The molecule has 0 spiro atoms. The number of rotatable bonds is 6. The maximum atomic E-state index is 12.0. The van der Waals surface area contributed by atoms with Gasteiger partial charge in [-0.05, 0) is 43.3 Å². The number of ketones is 1. The molecule has 0 aliphatic rings. The Morgan fingerprint density at radius 1 is 1.08 bits per heavy atom. The number of benzene rings is 1. The van der Waals surface area contributed by atoms with Gasteiger partial charge in [0.05, 0.1) is 25.2 Å². The summed E-state index contributed by atoms with van der Waals surface area (Å²) in [5.74, 6) is 0.837. The molecule has 1 aromatic carbocycles. The summed E-state index contributed by atoms with van der Waals surface area (Å²) in [6.45, 7) is 1.81. The minimum absolute atomic E-state index is 0.0104. The Labute approximate surface area is 144 Å². The first-order chi connectivity index (χ1) is 12.1. The van der Waals surface area contributed by atoms with E-state index in [1.807, 2.05) is 0 Å². The van der Waals surface area contributed by atoms with Crippen LogP contribution in [0.2, 0.25) is 0 Å². The number of aromatic nitrogens is 2. The Bertz CT molecular complexity index is 856. The largest absolute Gasteiger partial charge is 0.467 e. The lowest BCUT2D eigenvalue weighted by molar-refractivity contribution is 0.0942. The molecule has 2 heterocycles. The van der Waals surface area contributed by atoms with Crippen molar-refractivity contribution in [1.82, 2.24) is 15.3 Å². The second-order valence-corrected chi connectivity index (χ2v) is 5.31. The number of nitrogens with one attached hydrogen (secondary N) is 2. The van der Waals surface area contributed by atoms with Crippen LogP contribution in [0, 0.1) is 0 Å². The van der Waals surface area contributed by atoms with Gasteiger partial charge in [0.1, 0.15) is 17.3 Å². The third kappa shape index (κ3) is 4.29. The summed E-state index contributed by atoms with van der Waals surface area (Å²) in [5, 5.41) is 5.76. The van der Waals surface area contributed by atoms with Gasteiger partial charge in [-0.25, -0.2) is 9.97 Å². The van der Waals surface area contributed by atoms with E-state index in [2.05, 4.69) is 20.6 Å². The average molecular weight is 336 g/mol. The van der Waals surface area contributed by atoms with Crippen LogP contribution in [0.15, 0.2) is 59.5 Å². The van der Waals surface area contributed by atoms with Gasteiger partial charge in [-0.3, -0.25) is 9.59 Å². The first-order valence-electron chi connectivity index (χ1n) is 7.62. The number of anilines is 2. The molecule has 0 bridgehead atoms. The monoisotopic (exact) mass is 336 g/mol. The van der Waals surface area contributed by atoms with Crippen molar-refractivity contribution in [2.45, 2.75) is 13.5 Å². The summed E-state index contributed by atoms with van der Waals surface area (Å²) in [6, 6.07) is 10.6. The highest BCUT2D eigenvalue weighted by Crippen LogP contribution is 2.15. The second kappa shape index (κ2) is 7.39. The average Bonchev–Trinajstić information content (AvgIpc) is 3.14. The maximum Gasteiger partial charge on any atom is 0.271 e. The predicted octanol–water partition coefficient (Wildman–Crippen LogP) is 2.95. The molecule has 0 saturated carbocycles. The van der Waals surface area contributed by atoms with E-state index < -0.39 is 0 Å². The van der Waals surface area contributed by atoms with Crippen LogP contribution in [-0.4, -0.2) is 21.7 Å². The summed E-state index contributed by atoms with van der Waals surface area (Å²) < 4.78 is 5.15. The second-order valence-electron chi connectivity index (χ2n) is 5.31. The van der Waals surface area contributed by atoms with Gasteiger partial charge in [0, 0.05) is 11.3 Å². The zero-order valence-electron chi connectivity index (χ0n) is 13.5. The van der Waals surface area contributed by atoms with Crippen LogP contribution < -0.4 is 10.6 Å². The van der Waals surface area contributed by atoms with Crippen molar-refractivity contribution in [3.05, 3.63) is 72.1 Å². The highest BCUT2D eigenvalue weighted by atomic mass is 16.3. The van der Waals surface area contributed by atoms with Crippen LogP contribution in [0.25, 0.3) is 0 Å². The van der Waals surface area contributed by atoms with Crippen LogP contribution >= 0.6 is 0 Å². The van der Waals surface area contributed by atoms with Crippen molar-refractivity contribution in [2.24, 2.45) is 0 Å². The van der Waals surface area contributed by atoms with Gasteiger partial charge in [0.15, 0.2) is 5.78 Å². The summed E-state index contributed by atoms with van der Waals surface area (Å²) in [6.07, 6.45) is 4.41. The number of carbonyl (C=O) groups is 2. The third-order valence-corrected chi connectivity index (χ3v) is 3.45. The SMILES string of the molecule is CC(=O)c1ccc(Nc2cnc(C(=O)NCc3ccco3)cn2)cc1. The predicted molar refractivity (Wildman–Crippen MR) is 91.6 cm³/mol. The Hall–Kier alpha value is -3.48. The minimum Gasteiger partial charge on any atom is -0.467 e. The molecule has 0 atom stereocenters. The lowest BCUT2D eigenvalue weighted by atomic mass is 10.1. The molecule has 0 saturated heterocycles. The minimum atomic E-state index is -0.332. The molecule has 0 aliphatic heterocycles. The number of Topliss-reactive ketones (excluding diaryl/α,β-unsaturated/α-hetero) is 1. The van der Waals surface area contributed by atoms with Crippen LogP contribution in [-0.2, 0) is 6.54 Å². The molecule has 0 unspecified atom stereocenters. The molecular formula is C18H16N4O3. The van der Waals surface area contributed by atoms with Crippen LogP contribution in [0.3, 0.4) is 0 Å². The van der Waals surface area contributed by atoms with Gasteiger partial charge >= 0.3 is 0 Å². The van der Waals surface area contributed by atoms with Gasteiger partial charge < -0.3 is 15.1 Å². The van der Waals surface area contributed by atoms with Crippen molar-refractivity contribution >= 4 is 23.2 Å². The van der Waals surface area contributed by atoms with E-state index in [0.29, 0.717) is 17.1 Å². The Morgan fingerprint density at radius 2 is 1.88 bits per heavy atom. The van der Waals surface area contributed by atoms with Gasteiger partial charge in [0.2, 0.25) is 0 Å². The molecule has 0 radical (unpaired) electrons. The van der Waals surface area contributed by atoms with Crippen molar-refractivity contribution in [1.29, 1.82) is 0 Å². The molecule has 3 rings (SSSR count). The smallest absolute Gasteiger partial charge is 0.271 e. The molecule has 126 valence electrons. The molecule has 2 N–H and O–H groups in total. The van der Waals surface area contributed by atoms with Crippen LogP contribution in [0.5, 0.6) is 0 Å². The maximum absolute atomic E-state index is 12.0. The van der Waals surface area contributed by atoms with Crippen LogP contribution in [0.4, 0.5) is 11.5 Å². The van der Waals surface area contributed by atoms with Gasteiger partial charge in [-0.15, -0.1) is 0 Å². The Morgan fingerprint density at radius 3 is 2.48 bits per heavy atom. The number of nitrogens with zero attached hydrogens (tertiary/aromatic N) is 2. The number of furan rings is 1. The standard InChI is InChI=1S/C18H16N4O3/c1-12(23)13-4-6-14(7-5-13)22-17-11-19-16(10-20-17)18(24)21-9-15-3-2-8-25-15/h2-8,10-11H,9H2,1H3,(H,20,22)(H,21,24). The number of hydrogen-bond acceptors (Lipinski definition) is 6. The van der Waals surface area contributed by atoms with Crippen molar-refractivity contribution in [3.63, 3.8) is 0 Å². The molecule has 7 heteroatoms. The van der Waals surface area contributed by atoms with E-state index >= 15 is 0 Å². The number of amides is 1. The van der Waals surface area contributed by atoms with E-state index in [1.54, 1.807) is 42.7 Å². The summed E-state index contributed by atoms with van der Waals surface area (Å²) in [7, 11) is 0. The van der Waals surface area contributed by atoms with E-state index in [1.165, 1.54) is 19.3 Å². The van der Waals surface area contributed by atoms with Gasteiger partial charge in [-0.2, -0.15) is 0 Å². The van der Waals surface area contributed by atoms with Crippen molar-refractivity contribution in [3.8, 4) is 0 Å². The third-order valence-electron chi connectivity index (χ3n) is 3.45. The molecule has 1 amide bonds. The van der Waals surface area contributed by atoms with E-state index in [-0.39, 0.29) is 23.9 Å². The first kappa shape index (κ1) is 16.4. The van der Waals surface area contributed by atoms with Gasteiger partial charge in [-0.1, -0.05) is 0 Å². The van der Waals surface area contributed by atoms with Crippen LogP contribution in [0.1, 0.15) is 33.5 Å². The van der Waals surface area contributed by atoms with Gasteiger partial charge in [0.25, 0.3) is 5.91 Å². The highest BCUT2D eigenvalue weighted by molar-refractivity contribution is 5.94. The summed E-state index contributed by atoms with van der Waals surface area (Å²) >= 11 is 0. The lowest BCUT2D eigenvalue weighted by Gasteiger charge is -2.07. The number of carbonyl (C=O) groups excluding carboxylic acids is 2. The molecular weight excluding hydrogens is 320 g/mol. The normalized spacial score (nSPS) is 10.3. The lowest BCUT2D eigenvalue weighted by Crippen LogP contribution is -2.23. The van der Waals surface area contributed by atoms with Crippen molar-refractivity contribution < 1.29 is 14.0 Å². The summed E-state index contributed by atoms with van der Waals surface area (Å²) in [5.41, 5.74) is 1.62. The van der Waals surface area contributed by atoms with E-state index in [4.69, 9.17) is 4.42 Å². The molecule has 0 fully saturated rings. The highest BCUT2D eigenvalue weighted by Gasteiger charge is 2.09. The Kier molecular flexibility index (Phi) is 4.84. The van der Waals surface area contributed by atoms with E-state index in [9.17, 15) is 9.59 Å². The molecule has 0 aliphatic carbocycles. The fraction of sp³-hybridized carbons (Fsp3) is 0.111. The molecule has 2 aromatic heterocycles. The quantitative estimate of drug-likeness (QED) is 0.672. The topological polar surface area (TPSA) is 97.1 Å². The zero-order valence-corrected chi connectivity index (χ0v) is 13.5. The molecule has 3 aromatic rings.